The van der Waals surface area contributed by atoms with Crippen LogP contribution >= 0.6 is 11.3 Å². The molecule has 11 rings (SSSR count). The zero-order valence-electron chi connectivity index (χ0n) is 32.8. The standard InChI is InChI=1S/C54H43N3S/c1-54(2)45-23-10-9-20-42(45)49-41(21-12-24-46(49)54)39-18-11-19-40(32-39)52-55-51(37-16-7-4-8-17-37)56-53(57-52)43-22-13-25-48-50(43)44-33-38(30-31-47(44)58-48)36-28-26-35(27-29-36)34-14-5-3-6-15-34/h3-8,10-19,21-29,32-33,52H,9,20,30-31H2,1-2H3,(H,55,56,57). The number of allylic oxidation sites excluding steroid dienone is 5. The Labute approximate surface area is 344 Å². The molecule has 0 bridgehead atoms. The van der Waals surface area contributed by atoms with E-state index < -0.39 is 6.17 Å². The van der Waals surface area contributed by atoms with Crippen LogP contribution in [0.3, 0.4) is 0 Å². The largest absolute Gasteiger partial charge is 0.324 e. The van der Waals surface area contributed by atoms with Gasteiger partial charge in [0.15, 0.2) is 6.17 Å². The second-order valence-electron chi connectivity index (χ2n) is 16.4. The predicted octanol–water partition coefficient (Wildman–Crippen LogP) is 13.6. The molecule has 0 amide bonds. The summed E-state index contributed by atoms with van der Waals surface area (Å²) in [6.07, 6.45) is 11.0. The van der Waals surface area contributed by atoms with Crippen LogP contribution in [0.1, 0.15) is 83.1 Å². The molecule has 7 aromatic rings. The van der Waals surface area contributed by atoms with Crippen molar-refractivity contribution in [2.45, 2.75) is 51.1 Å². The summed E-state index contributed by atoms with van der Waals surface area (Å²) < 4.78 is 1.29. The van der Waals surface area contributed by atoms with Crippen LogP contribution in [-0.4, -0.2) is 11.7 Å². The van der Waals surface area contributed by atoms with E-state index in [1.165, 1.54) is 76.2 Å². The molecular formula is C54H43N3S. The zero-order chi connectivity index (χ0) is 38.8. The topological polar surface area (TPSA) is 36.8 Å². The summed E-state index contributed by atoms with van der Waals surface area (Å²) in [5.74, 6) is 1.69. The number of amidine groups is 2. The van der Waals surface area contributed by atoms with Gasteiger partial charge in [0, 0.05) is 31.5 Å². The van der Waals surface area contributed by atoms with E-state index in [1.807, 2.05) is 11.3 Å². The molecule has 1 unspecified atom stereocenters. The van der Waals surface area contributed by atoms with Gasteiger partial charge in [-0.25, -0.2) is 9.98 Å². The molecular weight excluding hydrogens is 723 g/mol. The second-order valence-corrected chi connectivity index (χ2v) is 17.5. The summed E-state index contributed by atoms with van der Waals surface area (Å²) in [7, 11) is 0. The Bertz CT molecular complexity index is 2920. The SMILES string of the molecule is CC1(C)C2=C(CCC=C2)c2c(-c3cccc(C4N=C(c5ccccc5)NC(c5cccc6sc7c(c56)C=C(c5ccc(-c6ccccc6)cc5)CC7)=N4)c3)cccc21. The Morgan fingerprint density at radius 3 is 2.14 bits per heavy atom. The third-order valence-corrected chi connectivity index (χ3v) is 13.8. The maximum Gasteiger partial charge on any atom is 0.169 e. The number of nitrogens with one attached hydrogen (secondary N) is 1. The smallest absolute Gasteiger partial charge is 0.169 e. The molecule has 0 saturated carbocycles. The summed E-state index contributed by atoms with van der Waals surface area (Å²) in [5.41, 5.74) is 18.0. The van der Waals surface area contributed by atoms with Gasteiger partial charge in [-0.1, -0.05) is 159 Å². The van der Waals surface area contributed by atoms with Crippen molar-refractivity contribution in [3.05, 3.63) is 207 Å². The van der Waals surface area contributed by atoms with Crippen molar-refractivity contribution < 1.29 is 0 Å². The van der Waals surface area contributed by atoms with Gasteiger partial charge in [-0.15, -0.1) is 11.3 Å². The number of rotatable bonds is 6. The Hall–Kier alpha value is -6.36. The minimum absolute atomic E-state index is 0.0108. The molecule has 0 radical (unpaired) electrons. The molecule has 3 aliphatic carbocycles. The molecule has 1 N–H and O–H groups in total. The predicted molar refractivity (Wildman–Crippen MR) is 245 cm³/mol. The van der Waals surface area contributed by atoms with E-state index in [1.54, 1.807) is 0 Å². The van der Waals surface area contributed by atoms with Crippen LogP contribution in [0.25, 0.3) is 49.6 Å². The normalized spacial score (nSPS) is 17.8. The summed E-state index contributed by atoms with van der Waals surface area (Å²) in [6, 6.07) is 52.7. The van der Waals surface area contributed by atoms with Gasteiger partial charge in [0.2, 0.25) is 0 Å². The van der Waals surface area contributed by atoms with Crippen LogP contribution in [0, 0.1) is 0 Å². The maximum atomic E-state index is 5.47. The number of aryl methyl sites for hydroxylation is 1. The Morgan fingerprint density at radius 1 is 0.621 bits per heavy atom. The zero-order valence-corrected chi connectivity index (χ0v) is 33.6. The van der Waals surface area contributed by atoms with Gasteiger partial charge in [0.1, 0.15) is 11.7 Å². The summed E-state index contributed by atoms with van der Waals surface area (Å²) >= 11 is 1.92. The highest BCUT2D eigenvalue weighted by atomic mass is 32.1. The Morgan fingerprint density at radius 2 is 1.31 bits per heavy atom. The highest BCUT2D eigenvalue weighted by Gasteiger charge is 2.38. The fraction of sp³-hybridized carbons (Fsp3) is 0.148. The van der Waals surface area contributed by atoms with Crippen molar-refractivity contribution in [1.82, 2.24) is 5.32 Å². The summed E-state index contributed by atoms with van der Waals surface area (Å²) in [6.45, 7) is 4.75. The van der Waals surface area contributed by atoms with Crippen molar-refractivity contribution in [2.24, 2.45) is 9.98 Å². The third kappa shape index (κ3) is 5.85. The van der Waals surface area contributed by atoms with Gasteiger partial charge in [-0.3, -0.25) is 0 Å². The lowest BCUT2D eigenvalue weighted by molar-refractivity contribution is 0.651. The molecule has 280 valence electrons. The molecule has 4 heteroatoms. The number of fused-ring (bicyclic) bond motifs is 5. The monoisotopic (exact) mass is 765 g/mol. The van der Waals surface area contributed by atoms with E-state index in [2.05, 4.69) is 183 Å². The van der Waals surface area contributed by atoms with Crippen molar-refractivity contribution in [1.29, 1.82) is 0 Å². The van der Waals surface area contributed by atoms with Crippen LogP contribution in [0.5, 0.6) is 0 Å². The first-order valence-electron chi connectivity index (χ1n) is 20.5. The highest BCUT2D eigenvalue weighted by Crippen LogP contribution is 2.53. The molecule has 4 aliphatic rings. The Kier molecular flexibility index (Phi) is 8.37. The molecule has 1 aliphatic heterocycles. The van der Waals surface area contributed by atoms with Gasteiger partial charge in [-0.2, -0.15) is 0 Å². The number of hydrogen-bond donors (Lipinski definition) is 1. The summed E-state index contributed by atoms with van der Waals surface area (Å²) in [5, 5.41) is 5.00. The molecule has 0 saturated heterocycles. The molecule has 58 heavy (non-hydrogen) atoms. The molecule has 2 heterocycles. The van der Waals surface area contributed by atoms with Gasteiger partial charge in [-0.05, 0) is 111 Å². The third-order valence-electron chi connectivity index (χ3n) is 12.6. The first-order chi connectivity index (χ1) is 28.5. The molecule has 3 nitrogen and oxygen atoms in total. The van der Waals surface area contributed by atoms with Gasteiger partial charge in [0.25, 0.3) is 0 Å². The van der Waals surface area contributed by atoms with Gasteiger partial charge in [0.05, 0.1) is 0 Å². The number of nitrogens with zero attached hydrogens (tertiary/aromatic N) is 2. The molecule has 0 fully saturated rings. The minimum atomic E-state index is -0.411. The maximum absolute atomic E-state index is 5.47. The van der Waals surface area contributed by atoms with E-state index in [9.17, 15) is 0 Å². The van der Waals surface area contributed by atoms with Crippen LogP contribution < -0.4 is 5.32 Å². The highest BCUT2D eigenvalue weighted by molar-refractivity contribution is 7.19. The number of hydrogen-bond acceptors (Lipinski definition) is 4. The van der Waals surface area contributed by atoms with Crippen LogP contribution in [0.2, 0.25) is 0 Å². The van der Waals surface area contributed by atoms with E-state index in [0.717, 1.165) is 54.0 Å². The number of benzene rings is 6. The first-order valence-corrected chi connectivity index (χ1v) is 21.3. The van der Waals surface area contributed by atoms with E-state index in [4.69, 9.17) is 9.98 Å². The van der Waals surface area contributed by atoms with Crippen LogP contribution in [0.15, 0.2) is 173 Å². The van der Waals surface area contributed by atoms with Crippen molar-refractivity contribution in [3.63, 3.8) is 0 Å². The van der Waals surface area contributed by atoms with Gasteiger partial charge < -0.3 is 5.32 Å². The second kappa shape index (κ2) is 13.9. The van der Waals surface area contributed by atoms with Crippen molar-refractivity contribution in [2.75, 3.05) is 0 Å². The lowest BCUT2D eigenvalue weighted by Crippen LogP contribution is -2.36. The number of thiophene rings is 1. The summed E-state index contributed by atoms with van der Waals surface area (Å²) in [4.78, 5) is 12.2. The molecule has 0 spiro atoms. The molecule has 1 aromatic heterocycles. The van der Waals surface area contributed by atoms with Crippen molar-refractivity contribution >= 4 is 50.3 Å². The Balaban J connectivity index is 1.01. The fourth-order valence-electron chi connectivity index (χ4n) is 9.63. The quantitative estimate of drug-likeness (QED) is 0.180. The molecule has 1 atom stereocenters. The average molecular weight is 766 g/mol. The average Bonchev–Trinajstić information content (AvgIpc) is 3.78. The number of aliphatic imine (C=N–C) groups is 2. The van der Waals surface area contributed by atoms with E-state index in [-0.39, 0.29) is 5.41 Å². The van der Waals surface area contributed by atoms with Crippen molar-refractivity contribution in [3.8, 4) is 22.3 Å². The van der Waals surface area contributed by atoms with E-state index in [0.29, 0.717) is 0 Å². The van der Waals surface area contributed by atoms with Crippen LogP contribution in [0.4, 0.5) is 0 Å². The van der Waals surface area contributed by atoms with Gasteiger partial charge >= 0.3 is 0 Å². The first kappa shape index (κ1) is 34.9. The fourth-order valence-corrected chi connectivity index (χ4v) is 10.8. The van der Waals surface area contributed by atoms with E-state index >= 15 is 0 Å². The minimum Gasteiger partial charge on any atom is -0.324 e. The molecule has 6 aromatic carbocycles. The lowest BCUT2D eigenvalue weighted by atomic mass is 9.80. The van der Waals surface area contributed by atoms with Crippen LogP contribution in [-0.2, 0) is 11.8 Å². The lowest BCUT2D eigenvalue weighted by Gasteiger charge is -2.24.